The van der Waals surface area contributed by atoms with Crippen molar-refractivity contribution in [2.45, 2.75) is 40.2 Å². The van der Waals surface area contributed by atoms with Crippen LogP contribution in [-0.2, 0) is 12.2 Å². The summed E-state index contributed by atoms with van der Waals surface area (Å²) in [6.07, 6.45) is 2.28. The van der Waals surface area contributed by atoms with E-state index in [1.165, 1.54) is 0 Å². The summed E-state index contributed by atoms with van der Waals surface area (Å²) in [7, 11) is 1.63. The van der Waals surface area contributed by atoms with Gasteiger partial charge in [0.05, 0.1) is 0 Å². The molecule has 0 saturated carbocycles. The second-order valence-electron chi connectivity index (χ2n) is 4.40. The molecule has 4 heteroatoms. The van der Waals surface area contributed by atoms with Gasteiger partial charge in [-0.2, -0.15) is 0 Å². The fourth-order valence-electron chi connectivity index (χ4n) is 1.02. The minimum atomic E-state index is -0.364. The van der Waals surface area contributed by atoms with Crippen molar-refractivity contribution in [2.75, 3.05) is 7.11 Å². The minimum absolute atomic E-state index is 0.0730. The van der Waals surface area contributed by atoms with E-state index in [2.05, 4.69) is 0 Å². The number of hydrogen-bond acceptors (Lipinski definition) is 3. The molecule has 0 aliphatic heterocycles. The summed E-state index contributed by atoms with van der Waals surface area (Å²) in [4.78, 5) is 11.8. The SMILES string of the molecule is CCC(OC)/C(=C/C(=O)C(C)(C)C)[O][Pb]. The van der Waals surface area contributed by atoms with E-state index in [-0.39, 0.29) is 17.3 Å². The fraction of sp³-hybridized carbons (Fsp3) is 0.727. The van der Waals surface area contributed by atoms with E-state index in [1.54, 1.807) is 13.2 Å². The summed E-state index contributed by atoms with van der Waals surface area (Å²) in [5, 5.41) is 0. The third-order valence-electron chi connectivity index (χ3n) is 2.10. The van der Waals surface area contributed by atoms with Crippen molar-refractivity contribution in [1.29, 1.82) is 0 Å². The number of ketones is 1. The van der Waals surface area contributed by atoms with Crippen molar-refractivity contribution in [1.82, 2.24) is 0 Å². The number of allylic oxidation sites excluding steroid dienone is 1. The number of carbonyl (C=O) groups excluding carboxylic acids is 1. The van der Waals surface area contributed by atoms with Crippen LogP contribution in [0.2, 0.25) is 0 Å². The van der Waals surface area contributed by atoms with Gasteiger partial charge in [-0.05, 0) is 0 Å². The van der Waals surface area contributed by atoms with Gasteiger partial charge in [0.2, 0.25) is 0 Å². The van der Waals surface area contributed by atoms with E-state index in [9.17, 15) is 4.79 Å². The van der Waals surface area contributed by atoms with Crippen LogP contribution in [0.4, 0.5) is 0 Å². The summed E-state index contributed by atoms with van der Waals surface area (Å²) in [5.74, 6) is 0.732. The molecule has 15 heavy (non-hydrogen) atoms. The Morgan fingerprint density at radius 3 is 2.27 bits per heavy atom. The van der Waals surface area contributed by atoms with E-state index in [4.69, 9.17) is 7.42 Å². The molecule has 0 rings (SSSR count). The van der Waals surface area contributed by atoms with E-state index in [1.807, 2.05) is 27.7 Å². The Balaban J connectivity index is 4.80. The molecule has 0 aliphatic rings. The van der Waals surface area contributed by atoms with Crippen LogP contribution in [0.5, 0.6) is 0 Å². The first kappa shape index (κ1) is 15.1. The van der Waals surface area contributed by atoms with Crippen LogP contribution in [0.25, 0.3) is 0 Å². The second kappa shape index (κ2) is 6.63. The maximum atomic E-state index is 11.8. The molecule has 0 amide bonds. The van der Waals surface area contributed by atoms with Crippen molar-refractivity contribution in [2.24, 2.45) is 5.41 Å². The van der Waals surface area contributed by atoms with Crippen molar-refractivity contribution in [3.8, 4) is 0 Å². The Bertz CT molecular complexity index is 237. The van der Waals surface area contributed by atoms with Crippen molar-refractivity contribution in [3.63, 3.8) is 0 Å². The predicted molar refractivity (Wildman–Crippen MR) is 60.5 cm³/mol. The Labute approximate surface area is 109 Å². The molecular weight excluding hydrogens is 387 g/mol. The summed E-state index contributed by atoms with van der Waals surface area (Å²) in [5.41, 5.74) is -0.364. The third kappa shape index (κ3) is 5.10. The molecule has 0 fully saturated rings. The number of ether oxygens (including phenoxy) is 1. The number of hydrogen-bond donors (Lipinski definition) is 0. The molecule has 1 atom stereocenters. The summed E-state index contributed by atoms with van der Waals surface area (Å²) < 4.78 is 10.6. The summed E-state index contributed by atoms with van der Waals surface area (Å²) in [6.45, 7) is 7.68. The van der Waals surface area contributed by atoms with Gasteiger partial charge in [0, 0.05) is 0 Å². The quantitative estimate of drug-likeness (QED) is 0.398. The molecule has 85 valence electrons. The van der Waals surface area contributed by atoms with Gasteiger partial charge < -0.3 is 0 Å². The van der Waals surface area contributed by atoms with Gasteiger partial charge in [-0.1, -0.05) is 0 Å². The first-order valence-electron chi connectivity index (χ1n) is 4.99. The number of carbonyl (C=O) groups is 1. The zero-order chi connectivity index (χ0) is 12.1. The van der Waals surface area contributed by atoms with Crippen LogP contribution in [0.1, 0.15) is 34.1 Å². The van der Waals surface area contributed by atoms with Gasteiger partial charge in [-0.15, -0.1) is 0 Å². The molecular formula is C11H19O3Pb. The van der Waals surface area contributed by atoms with E-state index in [0.29, 0.717) is 32.0 Å². The van der Waals surface area contributed by atoms with Crippen LogP contribution in [0, 0.1) is 5.41 Å². The topological polar surface area (TPSA) is 35.5 Å². The van der Waals surface area contributed by atoms with E-state index in [0.717, 1.165) is 6.42 Å². The Hall–Kier alpha value is 0.0921. The molecule has 3 radical (unpaired) electrons. The maximum absolute atomic E-state index is 11.8. The van der Waals surface area contributed by atoms with Gasteiger partial charge in [0.15, 0.2) is 0 Å². The molecule has 0 aromatic carbocycles. The van der Waals surface area contributed by atoms with Crippen molar-refractivity contribution >= 4 is 32.0 Å². The summed E-state index contributed by atoms with van der Waals surface area (Å²) >= 11 is 0.571. The summed E-state index contributed by atoms with van der Waals surface area (Å²) in [6, 6.07) is 0. The van der Waals surface area contributed by atoms with Crippen molar-refractivity contribution in [3.05, 3.63) is 11.8 Å². The molecule has 0 aliphatic carbocycles. The van der Waals surface area contributed by atoms with Crippen LogP contribution in [0.3, 0.4) is 0 Å². The Morgan fingerprint density at radius 2 is 2.00 bits per heavy atom. The molecule has 0 heterocycles. The van der Waals surface area contributed by atoms with Gasteiger partial charge in [0.25, 0.3) is 0 Å². The van der Waals surface area contributed by atoms with Crippen LogP contribution < -0.4 is 0 Å². The van der Waals surface area contributed by atoms with Crippen LogP contribution in [0.15, 0.2) is 11.8 Å². The van der Waals surface area contributed by atoms with Gasteiger partial charge >= 0.3 is 109 Å². The number of rotatable bonds is 5. The average molecular weight is 406 g/mol. The predicted octanol–water partition coefficient (Wildman–Crippen LogP) is 2.01. The first-order valence-corrected chi connectivity index (χ1v) is 6.57. The van der Waals surface area contributed by atoms with Gasteiger partial charge in [-0.3, -0.25) is 0 Å². The average Bonchev–Trinajstić information content (AvgIpc) is 2.16. The Kier molecular flexibility index (Phi) is 6.67. The molecule has 0 spiro atoms. The monoisotopic (exact) mass is 407 g/mol. The molecule has 0 saturated heterocycles. The van der Waals surface area contributed by atoms with E-state index < -0.39 is 0 Å². The fourth-order valence-corrected chi connectivity index (χ4v) is 1.76. The first-order chi connectivity index (χ1) is 6.86. The van der Waals surface area contributed by atoms with Crippen LogP contribution in [-0.4, -0.2) is 45.2 Å². The molecule has 1 unspecified atom stereocenters. The molecule has 0 aromatic heterocycles. The molecule has 0 aromatic rings. The molecule has 3 nitrogen and oxygen atoms in total. The zero-order valence-corrected chi connectivity index (χ0v) is 14.0. The third-order valence-corrected chi connectivity index (χ3v) is 3.02. The zero-order valence-electron chi connectivity index (χ0n) is 10.1. The second-order valence-corrected chi connectivity index (χ2v) is 5.19. The molecule has 0 bridgehead atoms. The Morgan fingerprint density at radius 1 is 1.47 bits per heavy atom. The van der Waals surface area contributed by atoms with Gasteiger partial charge in [-0.25, -0.2) is 0 Å². The van der Waals surface area contributed by atoms with E-state index >= 15 is 0 Å². The number of methoxy groups -OCH3 is 1. The van der Waals surface area contributed by atoms with Crippen LogP contribution >= 0.6 is 0 Å². The van der Waals surface area contributed by atoms with Gasteiger partial charge in [0.1, 0.15) is 0 Å². The molecule has 0 N–H and O–H groups in total. The standard InChI is InChI=1S/C11H20O3.Pb/c1-6-9(14-5)8(12)7-10(13)11(2,3)4;/h7,9,12H,6H2,1-5H3;/q;+1/p-1/b8-7-;. The van der Waals surface area contributed by atoms with Crippen molar-refractivity contribution < 1.29 is 12.2 Å². The normalized spacial score (nSPS) is 14.9.